The number of aromatic nitrogens is 5. The molecular formula is C18H17N7O2. The predicted molar refractivity (Wildman–Crippen MR) is 96.8 cm³/mol. The summed E-state index contributed by atoms with van der Waals surface area (Å²) < 4.78 is 5.34. The van der Waals surface area contributed by atoms with Crippen LogP contribution in [0.15, 0.2) is 36.5 Å². The van der Waals surface area contributed by atoms with E-state index in [-0.39, 0.29) is 18.2 Å². The molecule has 1 unspecified atom stereocenters. The van der Waals surface area contributed by atoms with Gasteiger partial charge in [0.2, 0.25) is 5.82 Å². The first-order chi connectivity index (χ1) is 13.1. The fourth-order valence-electron chi connectivity index (χ4n) is 3.74. The number of hydrogen-bond donors (Lipinski definition) is 1. The molecule has 9 heteroatoms. The molecule has 9 nitrogen and oxygen atoms in total. The number of carbonyl (C=O) groups is 1. The lowest BCUT2D eigenvalue weighted by molar-refractivity contribution is 0.135. The van der Waals surface area contributed by atoms with Crippen LogP contribution in [0, 0.1) is 0 Å². The van der Waals surface area contributed by atoms with Crippen LogP contribution in [-0.4, -0.2) is 50.0 Å². The van der Waals surface area contributed by atoms with E-state index in [4.69, 9.17) is 10.5 Å². The van der Waals surface area contributed by atoms with Crippen molar-refractivity contribution in [1.82, 2.24) is 25.2 Å². The topological polar surface area (TPSA) is 112 Å². The molecule has 27 heavy (non-hydrogen) atoms. The molecule has 136 valence electrons. The molecule has 2 aliphatic rings. The van der Waals surface area contributed by atoms with Gasteiger partial charge >= 0.3 is 6.09 Å². The number of pyridine rings is 1. The molecule has 3 aromatic rings. The molecular weight excluding hydrogens is 346 g/mol. The van der Waals surface area contributed by atoms with Crippen molar-refractivity contribution in [3.8, 4) is 22.6 Å². The summed E-state index contributed by atoms with van der Waals surface area (Å²) >= 11 is 0. The molecule has 0 saturated carbocycles. The van der Waals surface area contributed by atoms with Gasteiger partial charge in [-0.05, 0) is 41.0 Å². The highest BCUT2D eigenvalue weighted by atomic mass is 16.6. The molecule has 1 aromatic carbocycles. The Labute approximate surface area is 154 Å². The minimum atomic E-state index is -0.315. The van der Waals surface area contributed by atoms with Crippen LogP contribution in [0.4, 0.5) is 10.5 Å². The van der Waals surface area contributed by atoms with Gasteiger partial charge < -0.3 is 10.5 Å². The Hall–Kier alpha value is -3.33. The zero-order chi connectivity index (χ0) is 18.5. The predicted octanol–water partition coefficient (Wildman–Crippen LogP) is 1.15. The van der Waals surface area contributed by atoms with Crippen LogP contribution in [-0.2, 0) is 18.2 Å². The van der Waals surface area contributed by atoms with E-state index >= 15 is 0 Å². The van der Waals surface area contributed by atoms with E-state index < -0.39 is 0 Å². The van der Waals surface area contributed by atoms with Crippen molar-refractivity contribution >= 4 is 11.8 Å². The smallest absolute Gasteiger partial charge is 0.415 e. The van der Waals surface area contributed by atoms with Gasteiger partial charge in [-0.25, -0.2) is 4.79 Å². The van der Waals surface area contributed by atoms with Gasteiger partial charge in [0, 0.05) is 18.3 Å². The first-order valence-corrected chi connectivity index (χ1v) is 8.67. The zero-order valence-electron chi connectivity index (χ0n) is 14.6. The third-order valence-corrected chi connectivity index (χ3v) is 5.04. The molecule has 0 radical (unpaired) electrons. The lowest BCUT2D eigenvalue weighted by Crippen LogP contribution is -2.37. The molecule has 1 saturated heterocycles. The number of nitrogens with two attached hydrogens (primary N) is 1. The highest BCUT2D eigenvalue weighted by molar-refractivity contribution is 5.94. The standard InChI is InChI=1S/C18H17N7O2/c1-24-22-17(21-23-24)13-4-2-11(9-20-13)10-3-5-14-12(6-10)7-15-16(8-19)27-18(26)25(14)15/h2-6,9,15-16H,7-8,19H2,1H3/t15?,16-/m0/s1. The normalized spacial score (nSPS) is 20.5. The molecule has 0 bridgehead atoms. The number of benzene rings is 1. The van der Waals surface area contributed by atoms with Gasteiger partial charge in [0.15, 0.2) is 0 Å². The van der Waals surface area contributed by atoms with Crippen molar-refractivity contribution in [3.63, 3.8) is 0 Å². The van der Waals surface area contributed by atoms with Crippen LogP contribution < -0.4 is 10.6 Å². The van der Waals surface area contributed by atoms with Crippen molar-refractivity contribution in [1.29, 1.82) is 0 Å². The van der Waals surface area contributed by atoms with E-state index in [9.17, 15) is 4.79 Å². The minimum absolute atomic E-state index is 0.0176. The van der Waals surface area contributed by atoms with E-state index in [0.29, 0.717) is 18.1 Å². The van der Waals surface area contributed by atoms with Crippen molar-refractivity contribution < 1.29 is 9.53 Å². The number of aryl methyl sites for hydroxylation is 1. The molecule has 2 aromatic heterocycles. The lowest BCUT2D eigenvalue weighted by atomic mass is 10.0. The zero-order valence-corrected chi connectivity index (χ0v) is 14.6. The van der Waals surface area contributed by atoms with Crippen LogP contribution in [0.3, 0.4) is 0 Å². The summed E-state index contributed by atoms with van der Waals surface area (Å²) in [5.41, 5.74) is 10.5. The molecule has 2 N–H and O–H groups in total. The van der Waals surface area contributed by atoms with Crippen molar-refractivity contribution in [2.45, 2.75) is 18.6 Å². The van der Waals surface area contributed by atoms with Crippen LogP contribution in [0.5, 0.6) is 0 Å². The van der Waals surface area contributed by atoms with E-state index in [1.165, 1.54) is 4.80 Å². The fourth-order valence-corrected chi connectivity index (χ4v) is 3.74. The summed E-state index contributed by atoms with van der Waals surface area (Å²) in [6, 6.07) is 9.89. The van der Waals surface area contributed by atoms with Crippen molar-refractivity contribution in [2.24, 2.45) is 12.8 Å². The van der Waals surface area contributed by atoms with Gasteiger partial charge in [0.1, 0.15) is 11.8 Å². The number of carbonyl (C=O) groups excluding carboxylic acids is 1. The second-order valence-corrected chi connectivity index (χ2v) is 6.68. The number of nitrogens with zero attached hydrogens (tertiary/aromatic N) is 6. The van der Waals surface area contributed by atoms with Gasteiger partial charge in [-0.3, -0.25) is 9.88 Å². The van der Waals surface area contributed by atoms with E-state index in [1.807, 2.05) is 24.3 Å². The molecule has 4 heterocycles. The van der Waals surface area contributed by atoms with E-state index in [2.05, 4.69) is 26.5 Å². The summed E-state index contributed by atoms with van der Waals surface area (Å²) in [6.45, 7) is 0.329. The monoisotopic (exact) mass is 363 g/mol. The summed E-state index contributed by atoms with van der Waals surface area (Å²) in [5, 5.41) is 12.0. The largest absolute Gasteiger partial charge is 0.442 e. The van der Waals surface area contributed by atoms with Crippen LogP contribution in [0.25, 0.3) is 22.6 Å². The molecule has 0 spiro atoms. The molecule has 2 atom stereocenters. The highest BCUT2D eigenvalue weighted by Crippen LogP contribution is 2.40. The SMILES string of the molecule is Cn1nnc(-c2ccc(-c3ccc4c(c3)CC3[C@H](CN)OC(=O)N43)cn2)n1. The number of tetrazole rings is 1. The summed E-state index contributed by atoms with van der Waals surface area (Å²) in [5.74, 6) is 0.491. The Morgan fingerprint density at radius 1 is 1.26 bits per heavy atom. The summed E-state index contributed by atoms with van der Waals surface area (Å²) in [7, 11) is 1.71. The van der Waals surface area contributed by atoms with E-state index in [0.717, 1.165) is 28.8 Å². The van der Waals surface area contributed by atoms with Gasteiger partial charge in [-0.2, -0.15) is 4.80 Å². The molecule has 0 aliphatic carbocycles. The van der Waals surface area contributed by atoms with Crippen molar-refractivity contribution in [2.75, 3.05) is 11.4 Å². The third kappa shape index (κ3) is 2.47. The first-order valence-electron chi connectivity index (χ1n) is 8.67. The molecule has 2 aliphatic heterocycles. The number of amides is 1. The van der Waals surface area contributed by atoms with Gasteiger partial charge in [-0.1, -0.05) is 12.1 Å². The van der Waals surface area contributed by atoms with Crippen molar-refractivity contribution in [3.05, 3.63) is 42.1 Å². The maximum atomic E-state index is 12.1. The maximum absolute atomic E-state index is 12.1. The summed E-state index contributed by atoms with van der Waals surface area (Å²) in [6.07, 6.45) is 1.96. The van der Waals surface area contributed by atoms with E-state index in [1.54, 1.807) is 18.1 Å². The molecule has 1 amide bonds. The third-order valence-electron chi connectivity index (χ3n) is 5.04. The quantitative estimate of drug-likeness (QED) is 0.743. The maximum Gasteiger partial charge on any atom is 0.415 e. The van der Waals surface area contributed by atoms with Crippen LogP contribution >= 0.6 is 0 Å². The lowest BCUT2D eigenvalue weighted by Gasteiger charge is -2.14. The summed E-state index contributed by atoms with van der Waals surface area (Å²) in [4.78, 5) is 19.7. The fraction of sp³-hybridized carbons (Fsp3) is 0.278. The second-order valence-electron chi connectivity index (χ2n) is 6.68. The Bertz CT molecular complexity index is 1030. The van der Waals surface area contributed by atoms with Gasteiger partial charge in [0.25, 0.3) is 0 Å². The average Bonchev–Trinajstić information content (AvgIpc) is 3.36. The number of fused-ring (bicyclic) bond motifs is 3. The average molecular weight is 363 g/mol. The molecule has 5 rings (SSSR count). The van der Waals surface area contributed by atoms with Gasteiger partial charge in [0.05, 0.1) is 18.8 Å². The van der Waals surface area contributed by atoms with Crippen LogP contribution in [0.1, 0.15) is 5.56 Å². The first kappa shape index (κ1) is 15.9. The highest BCUT2D eigenvalue weighted by Gasteiger charge is 2.46. The molecule has 1 fully saturated rings. The number of cyclic esters (lactones) is 1. The number of rotatable bonds is 3. The number of anilines is 1. The number of hydrogen-bond acceptors (Lipinski definition) is 7. The van der Waals surface area contributed by atoms with Crippen LogP contribution in [0.2, 0.25) is 0 Å². The van der Waals surface area contributed by atoms with Gasteiger partial charge in [-0.15, -0.1) is 10.2 Å². The Kier molecular flexibility index (Phi) is 3.44. The Morgan fingerprint density at radius 2 is 2.11 bits per heavy atom. The Morgan fingerprint density at radius 3 is 2.81 bits per heavy atom. The Balaban J connectivity index is 1.45. The minimum Gasteiger partial charge on any atom is -0.442 e. The second kappa shape index (κ2) is 5.85. The number of ether oxygens (including phenoxy) is 1.